The van der Waals surface area contributed by atoms with Gasteiger partial charge in [-0.2, -0.15) is 10.2 Å². The van der Waals surface area contributed by atoms with E-state index < -0.39 is 0 Å². The first-order valence-electron chi connectivity index (χ1n) is 5.03. The average Bonchev–Trinajstić information content (AvgIpc) is 2.20. The van der Waals surface area contributed by atoms with E-state index in [9.17, 15) is 0 Å². The predicted octanol–water partition coefficient (Wildman–Crippen LogP) is 3.54. The molecular formula is C11H17N3S. The van der Waals surface area contributed by atoms with Crippen molar-refractivity contribution in [2.24, 2.45) is 10.2 Å². The Kier molecular flexibility index (Phi) is 4.62. The van der Waals surface area contributed by atoms with Crippen LogP contribution in [-0.4, -0.2) is 20.6 Å². The Morgan fingerprint density at radius 2 is 2.07 bits per heavy atom. The molecule has 0 heterocycles. The lowest BCUT2D eigenvalue weighted by molar-refractivity contribution is 0.873. The fourth-order valence-corrected chi connectivity index (χ4v) is 1.35. The second kappa shape index (κ2) is 5.75. The second-order valence-corrected chi connectivity index (χ2v) is 4.01. The topological polar surface area (TPSA) is 28.0 Å². The van der Waals surface area contributed by atoms with E-state index in [2.05, 4.69) is 29.8 Å². The van der Waals surface area contributed by atoms with Crippen LogP contribution >= 0.6 is 12.6 Å². The van der Waals surface area contributed by atoms with E-state index in [0.29, 0.717) is 0 Å². The molecule has 0 saturated carbocycles. The summed E-state index contributed by atoms with van der Waals surface area (Å²) < 4.78 is 0. The van der Waals surface area contributed by atoms with E-state index in [1.807, 2.05) is 37.2 Å². The molecule has 0 fully saturated rings. The Bertz CT molecular complexity index is 348. The maximum Gasteiger partial charge on any atom is 0.0987 e. The van der Waals surface area contributed by atoms with Gasteiger partial charge >= 0.3 is 0 Å². The number of azo groups is 1. The molecule has 0 atom stereocenters. The van der Waals surface area contributed by atoms with E-state index in [1.165, 1.54) is 0 Å². The number of hydrogen-bond acceptors (Lipinski definition) is 4. The van der Waals surface area contributed by atoms with Crippen LogP contribution in [0.1, 0.15) is 13.3 Å². The molecule has 1 aromatic rings. The molecule has 0 aliphatic heterocycles. The molecule has 4 heteroatoms. The Balaban J connectivity index is 2.83. The van der Waals surface area contributed by atoms with E-state index in [4.69, 9.17) is 0 Å². The second-order valence-electron chi connectivity index (χ2n) is 3.53. The molecule has 82 valence electrons. The molecule has 0 unspecified atom stereocenters. The van der Waals surface area contributed by atoms with Crippen LogP contribution in [-0.2, 0) is 0 Å². The lowest BCUT2D eigenvalue weighted by Gasteiger charge is -2.12. The third kappa shape index (κ3) is 3.55. The molecule has 0 spiro atoms. The van der Waals surface area contributed by atoms with Crippen LogP contribution in [0.15, 0.2) is 33.3 Å². The summed E-state index contributed by atoms with van der Waals surface area (Å²) in [6.45, 7) is 2.85. The van der Waals surface area contributed by atoms with Crippen LogP contribution in [0.5, 0.6) is 0 Å². The average molecular weight is 223 g/mol. The van der Waals surface area contributed by atoms with Crippen LogP contribution < -0.4 is 4.90 Å². The summed E-state index contributed by atoms with van der Waals surface area (Å²) in [4.78, 5) is 2.90. The molecular weight excluding hydrogens is 206 g/mol. The molecule has 0 aromatic heterocycles. The highest BCUT2D eigenvalue weighted by Gasteiger charge is 2.00. The van der Waals surface area contributed by atoms with Crippen LogP contribution in [0.25, 0.3) is 0 Å². The number of anilines is 1. The predicted molar refractivity (Wildman–Crippen MR) is 67.7 cm³/mol. The number of benzene rings is 1. The smallest absolute Gasteiger partial charge is 0.0987 e. The highest BCUT2D eigenvalue weighted by Crippen LogP contribution is 2.27. The zero-order valence-corrected chi connectivity index (χ0v) is 10.3. The summed E-state index contributed by atoms with van der Waals surface area (Å²) in [5.74, 6) is 0. The van der Waals surface area contributed by atoms with E-state index in [1.54, 1.807) is 0 Å². The minimum atomic E-state index is 0.767. The molecule has 0 bridgehead atoms. The van der Waals surface area contributed by atoms with Gasteiger partial charge < -0.3 is 4.90 Å². The van der Waals surface area contributed by atoms with Crippen molar-refractivity contribution >= 4 is 24.0 Å². The van der Waals surface area contributed by atoms with Crippen molar-refractivity contribution in [3.8, 4) is 0 Å². The molecule has 3 nitrogen and oxygen atoms in total. The quantitative estimate of drug-likeness (QED) is 0.613. The largest absolute Gasteiger partial charge is 0.378 e. The SMILES string of the molecule is CCCN=Nc1ccc(N(C)C)cc1S. The van der Waals surface area contributed by atoms with Crippen molar-refractivity contribution < 1.29 is 0 Å². The first kappa shape index (κ1) is 12.0. The zero-order chi connectivity index (χ0) is 11.3. The fourth-order valence-electron chi connectivity index (χ4n) is 1.10. The van der Waals surface area contributed by atoms with E-state index >= 15 is 0 Å². The van der Waals surface area contributed by atoms with Crippen LogP contribution in [0, 0.1) is 0 Å². The monoisotopic (exact) mass is 223 g/mol. The fraction of sp³-hybridized carbons (Fsp3) is 0.455. The minimum absolute atomic E-state index is 0.767. The van der Waals surface area contributed by atoms with Crippen molar-refractivity contribution in [1.82, 2.24) is 0 Å². The van der Waals surface area contributed by atoms with E-state index in [-0.39, 0.29) is 0 Å². The minimum Gasteiger partial charge on any atom is -0.378 e. The van der Waals surface area contributed by atoms with Gasteiger partial charge in [0.1, 0.15) is 0 Å². The van der Waals surface area contributed by atoms with Gasteiger partial charge in [-0.15, -0.1) is 12.6 Å². The lowest BCUT2D eigenvalue weighted by atomic mass is 10.3. The van der Waals surface area contributed by atoms with Crippen molar-refractivity contribution in [2.45, 2.75) is 18.2 Å². The van der Waals surface area contributed by atoms with Gasteiger partial charge in [0.25, 0.3) is 0 Å². The Hall–Kier alpha value is -1.03. The molecule has 1 aromatic carbocycles. The number of nitrogens with zero attached hydrogens (tertiary/aromatic N) is 3. The number of rotatable bonds is 4. The van der Waals surface area contributed by atoms with Crippen molar-refractivity contribution in [1.29, 1.82) is 0 Å². The molecule has 0 N–H and O–H groups in total. The summed E-state index contributed by atoms with van der Waals surface area (Å²) in [6, 6.07) is 5.94. The Labute approximate surface area is 96.6 Å². The van der Waals surface area contributed by atoms with Crippen LogP contribution in [0.2, 0.25) is 0 Å². The molecule has 0 aliphatic carbocycles. The van der Waals surface area contributed by atoms with E-state index in [0.717, 1.165) is 29.2 Å². The van der Waals surface area contributed by atoms with Crippen molar-refractivity contribution in [2.75, 3.05) is 25.5 Å². The van der Waals surface area contributed by atoms with Crippen LogP contribution in [0.4, 0.5) is 11.4 Å². The molecule has 0 aliphatic rings. The maximum absolute atomic E-state index is 4.38. The third-order valence-corrected chi connectivity index (χ3v) is 2.34. The highest BCUT2D eigenvalue weighted by atomic mass is 32.1. The van der Waals surface area contributed by atoms with Gasteiger partial charge in [0.15, 0.2) is 0 Å². The summed E-state index contributed by atoms with van der Waals surface area (Å²) in [7, 11) is 4.00. The Morgan fingerprint density at radius 1 is 1.33 bits per heavy atom. The van der Waals surface area contributed by atoms with Gasteiger partial charge in [0, 0.05) is 24.7 Å². The summed E-state index contributed by atoms with van der Waals surface area (Å²) in [6.07, 6.45) is 1.02. The number of thiol groups is 1. The first-order valence-corrected chi connectivity index (χ1v) is 5.47. The first-order chi connectivity index (χ1) is 7.15. The van der Waals surface area contributed by atoms with Crippen molar-refractivity contribution in [3.63, 3.8) is 0 Å². The molecule has 15 heavy (non-hydrogen) atoms. The van der Waals surface area contributed by atoms with Gasteiger partial charge in [-0.1, -0.05) is 6.92 Å². The highest BCUT2D eigenvalue weighted by molar-refractivity contribution is 7.80. The number of hydrogen-bond donors (Lipinski definition) is 1. The third-order valence-electron chi connectivity index (χ3n) is 1.98. The van der Waals surface area contributed by atoms with Gasteiger partial charge in [-0.05, 0) is 24.6 Å². The summed E-state index contributed by atoms with van der Waals surface area (Å²) in [5, 5.41) is 8.18. The standard InChI is InChI=1S/C11H17N3S/c1-4-7-12-13-10-6-5-9(14(2)3)8-11(10)15/h5-6,8,15H,4,7H2,1-3H3. The Morgan fingerprint density at radius 3 is 2.60 bits per heavy atom. The van der Waals surface area contributed by atoms with Gasteiger partial charge in [-0.25, -0.2) is 0 Å². The van der Waals surface area contributed by atoms with Gasteiger partial charge in [0.2, 0.25) is 0 Å². The molecule has 1 rings (SSSR count). The van der Waals surface area contributed by atoms with Gasteiger partial charge in [0.05, 0.1) is 12.2 Å². The lowest BCUT2D eigenvalue weighted by Crippen LogP contribution is -2.08. The molecule has 0 amide bonds. The summed E-state index contributed by atoms with van der Waals surface area (Å²) >= 11 is 4.38. The normalized spacial score (nSPS) is 10.9. The zero-order valence-electron chi connectivity index (χ0n) is 9.44. The maximum atomic E-state index is 4.38. The summed E-state index contributed by atoms with van der Waals surface area (Å²) in [5.41, 5.74) is 1.95. The van der Waals surface area contributed by atoms with Crippen LogP contribution in [0.3, 0.4) is 0 Å². The van der Waals surface area contributed by atoms with Crippen molar-refractivity contribution in [3.05, 3.63) is 18.2 Å². The molecule has 0 radical (unpaired) electrons. The van der Waals surface area contributed by atoms with Gasteiger partial charge in [-0.3, -0.25) is 0 Å². The molecule has 0 saturated heterocycles.